The lowest BCUT2D eigenvalue weighted by molar-refractivity contribution is 0.0947. The summed E-state index contributed by atoms with van der Waals surface area (Å²) in [6, 6.07) is 6.11. The average molecular weight is 441 g/mol. The first-order valence-corrected chi connectivity index (χ1v) is 10.3. The van der Waals surface area contributed by atoms with Crippen molar-refractivity contribution in [3.63, 3.8) is 0 Å². The zero-order valence-electron chi connectivity index (χ0n) is 17.6. The Hall–Kier alpha value is -3.67. The first-order chi connectivity index (χ1) is 15.5. The van der Waals surface area contributed by atoms with Gasteiger partial charge < -0.3 is 5.73 Å². The molecule has 11 nitrogen and oxygen atoms in total. The summed E-state index contributed by atoms with van der Waals surface area (Å²) in [6.07, 6.45) is 7.19. The Kier molecular flexibility index (Phi) is 6.50. The fraction of sp³-hybridized carbons (Fsp3) is 0.400. The van der Waals surface area contributed by atoms with Crippen LogP contribution in [0.4, 0.5) is 10.2 Å². The van der Waals surface area contributed by atoms with Gasteiger partial charge in [0.25, 0.3) is 5.91 Å². The number of benzene rings is 1. The van der Waals surface area contributed by atoms with Crippen molar-refractivity contribution in [1.82, 2.24) is 35.6 Å². The Balaban J connectivity index is 1.56. The Morgan fingerprint density at radius 1 is 1.31 bits per heavy atom. The number of hydrogen-bond acceptors (Lipinski definition) is 9. The van der Waals surface area contributed by atoms with E-state index in [1.54, 1.807) is 12.1 Å². The number of aromatic nitrogens is 5. The quantitative estimate of drug-likeness (QED) is 0.418. The summed E-state index contributed by atoms with van der Waals surface area (Å²) in [6.45, 7) is 0.397. The van der Waals surface area contributed by atoms with E-state index in [0.29, 0.717) is 23.8 Å². The van der Waals surface area contributed by atoms with Crippen molar-refractivity contribution in [2.75, 3.05) is 12.8 Å². The molecule has 0 atom stereocenters. The van der Waals surface area contributed by atoms with Crippen molar-refractivity contribution in [1.29, 1.82) is 0 Å². The van der Waals surface area contributed by atoms with Crippen LogP contribution in [0, 0.1) is 5.82 Å². The van der Waals surface area contributed by atoms with Gasteiger partial charge >= 0.3 is 0 Å². The van der Waals surface area contributed by atoms with Crippen molar-refractivity contribution >= 4 is 17.9 Å². The minimum absolute atomic E-state index is 0.0396. The van der Waals surface area contributed by atoms with Crippen LogP contribution in [0.2, 0.25) is 0 Å². The van der Waals surface area contributed by atoms with E-state index < -0.39 is 5.91 Å². The number of nitrogens with one attached hydrogen (secondary N) is 1. The zero-order valence-corrected chi connectivity index (χ0v) is 17.6. The molecule has 2 heterocycles. The van der Waals surface area contributed by atoms with Gasteiger partial charge in [-0.25, -0.2) is 14.4 Å². The number of nitrogens with two attached hydrogens (primary N) is 1. The molecular weight excluding hydrogens is 417 g/mol. The molecule has 0 aliphatic heterocycles. The molecule has 4 rings (SSSR count). The molecule has 0 radical (unpaired) electrons. The van der Waals surface area contributed by atoms with Crippen LogP contribution >= 0.6 is 0 Å². The van der Waals surface area contributed by atoms with Crippen molar-refractivity contribution in [3.8, 4) is 5.82 Å². The van der Waals surface area contributed by atoms with Gasteiger partial charge in [0.2, 0.25) is 11.6 Å². The number of amides is 1. The van der Waals surface area contributed by atoms with Crippen LogP contribution < -0.4 is 11.2 Å². The lowest BCUT2D eigenvalue weighted by Gasteiger charge is -2.31. The number of hydrazone groups is 1. The highest BCUT2D eigenvalue weighted by molar-refractivity contribution is 5.94. The topological polar surface area (TPSA) is 140 Å². The molecule has 0 spiro atoms. The summed E-state index contributed by atoms with van der Waals surface area (Å²) in [5.41, 5.74) is 9.49. The van der Waals surface area contributed by atoms with E-state index in [-0.39, 0.29) is 23.1 Å². The van der Waals surface area contributed by atoms with Gasteiger partial charge in [-0.3, -0.25) is 9.69 Å². The first kappa shape index (κ1) is 21.6. The molecule has 168 valence electrons. The van der Waals surface area contributed by atoms with Gasteiger partial charge in [0, 0.05) is 12.6 Å². The predicted octanol–water partition coefficient (Wildman–Crippen LogP) is 1.90. The van der Waals surface area contributed by atoms with Crippen molar-refractivity contribution < 1.29 is 13.8 Å². The molecule has 1 aliphatic rings. The summed E-state index contributed by atoms with van der Waals surface area (Å²) in [7, 11) is 2.01. The molecule has 32 heavy (non-hydrogen) atoms. The first-order valence-electron chi connectivity index (χ1n) is 10.3. The van der Waals surface area contributed by atoms with E-state index in [1.165, 1.54) is 42.3 Å². The van der Waals surface area contributed by atoms with Crippen molar-refractivity contribution in [2.45, 2.75) is 44.7 Å². The molecule has 1 saturated carbocycles. The highest BCUT2D eigenvalue weighted by Crippen LogP contribution is 2.24. The summed E-state index contributed by atoms with van der Waals surface area (Å²) in [5.74, 6) is -0.691. The molecule has 1 aliphatic carbocycles. The van der Waals surface area contributed by atoms with Gasteiger partial charge in [-0.15, -0.1) is 5.10 Å². The monoisotopic (exact) mass is 441 g/mol. The maximum atomic E-state index is 13.0. The lowest BCUT2D eigenvalue weighted by atomic mass is 9.94. The van der Waals surface area contributed by atoms with Crippen molar-refractivity contribution in [3.05, 3.63) is 47.0 Å². The molecule has 1 amide bonds. The summed E-state index contributed by atoms with van der Waals surface area (Å²) >= 11 is 0. The number of anilines is 1. The summed E-state index contributed by atoms with van der Waals surface area (Å²) < 4.78 is 19.1. The Labute approximate surface area is 183 Å². The highest BCUT2D eigenvalue weighted by Gasteiger charge is 2.27. The normalized spacial score (nSPS) is 15.0. The van der Waals surface area contributed by atoms with Crippen LogP contribution in [-0.4, -0.2) is 55.4 Å². The smallest absolute Gasteiger partial charge is 0.293 e. The third-order valence-electron chi connectivity index (χ3n) is 5.52. The van der Waals surface area contributed by atoms with E-state index in [1.807, 2.05) is 7.05 Å². The predicted molar refractivity (Wildman–Crippen MR) is 113 cm³/mol. The molecule has 3 aromatic rings. The Morgan fingerprint density at radius 2 is 2.06 bits per heavy atom. The molecule has 2 aromatic heterocycles. The SMILES string of the molecule is CN(Cc1c(C(=O)NN=Cc2ccc(F)cc2)nnn1-c1nonc1N)C1CCCCC1. The molecule has 1 fully saturated rings. The van der Waals surface area contributed by atoms with Gasteiger partial charge in [-0.1, -0.05) is 36.6 Å². The van der Waals surface area contributed by atoms with Gasteiger partial charge in [0.1, 0.15) is 5.82 Å². The van der Waals surface area contributed by atoms with E-state index in [2.05, 4.69) is 36.1 Å². The number of carbonyl (C=O) groups excluding carboxylic acids is 1. The largest absolute Gasteiger partial charge is 0.378 e. The number of hydrogen-bond donors (Lipinski definition) is 2. The average Bonchev–Trinajstić information content (AvgIpc) is 3.41. The molecule has 0 unspecified atom stereocenters. The standard InChI is InChI=1S/C20H24FN9O2/c1-29(15-5-3-2-4-6-15)12-16-17(24-28-30(16)19-18(22)26-32-27-19)20(31)25-23-11-13-7-9-14(21)10-8-13/h7-11,15H,2-6,12H2,1H3,(H2,22,26)(H,25,31). The van der Waals surface area contributed by atoms with E-state index in [9.17, 15) is 9.18 Å². The number of halogens is 1. The van der Waals surface area contributed by atoms with Crippen LogP contribution in [0.5, 0.6) is 0 Å². The van der Waals surface area contributed by atoms with E-state index in [0.717, 1.165) is 12.8 Å². The maximum Gasteiger partial charge on any atom is 0.293 e. The third-order valence-corrected chi connectivity index (χ3v) is 5.52. The fourth-order valence-electron chi connectivity index (χ4n) is 3.78. The highest BCUT2D eigenvalue weighted by atomic mass is 19.1. The van der Waals surface area contributed by atoms with Gasteiger partial charge in [0.15, 0.2) is 5.69 Å². The van der Waals surface area contributed by atoms with Crippen molar-refractivity contribution in [2.24, 2.45) is 5.10 Å². The van der Waals surface area contributed by atoms with Crippen LogP contribution in [0.25, 0.3) is 5.82 Å². The summed E-state index contributed by atoms with van der Waals surface area (Å²) in [5, 5.41) is 19.4. The third kappa shape index (κ3) is 4.80. The number of carbonyl (C=O) groups is 1. The second-order valence-corrected chi connectivity index (χ2v) is 7.73. The number of nitrogens with zero attached hydrogens (tertiary/aromatic N) is 7. The van der Waals surface area contributed by atoms with Gasteiger partial charge in [-0.05, 0) is 47.9 Å². The molecule has 0 saturated heterocycles. The van der Waals surface area contributed by atoms with E-state index in [4.69, 9.17) is 10.4 Å². The molecular formula is C20H24FN9O2. The zero-order chi connectivity index (χ0) is 22.5. The molecule has 3 N–H and O–H groups in total. The van der Waals surface area contributed by atoms with Crippen LogP contribution in [0.1, 0.15) is 53.8 Å². The molecule has 12 heteroatoms. The van der Waals surface area contributed by atoms with Crippen LogP contribution in [0.15, 0.2) is 34.0 Å². The van der Waals surface area contributed by atoms with Gasteiger partial charge in [0.05, 0.1) is 11.9 Å². The second kappa shape index (κ2) is 9.64. The van der Waals surface area contributed by atoms with Crippen LogP contribution in [0.3, 0.4) is 0 Å². The Bertz CT molecular complexity index is 1090. The number of nitrogen functional groups attached to an aromatic ring is 1. The van der Waals surface area contributed by atoms with Crippen LogP contribution in [-0.2, 0) is 6.54 Å². The van der Waals surface area contributed by atoms with E-state index >= 15 is 0 Å². The lowest BCUT2D eigenvalue weighted by Crippen LogP contribution is -2.34. The maximum absolute atomic E-state index is 13.0. The number of rotatable bonds is 7. The second-order valence-electron chi connectivity index (χ2n) is 7.73. The molecule has 0 bridgehead atoms. The summed E-state index contributed by atoms with van der Waals surface area (Å²) in [4.78, 5) is 15.0. The Morgan fingerprint density at radius 3 is 2.75 bits per heavy atom. The minimum atomic E-state index is -0.545. The van der Waals surface area contributed by atoms with Gasteiger partial charge in [-0.2, -0.15) is 9.78 Å². The fourth-order valence-corrected chi connectivity index (χ4v) is 3.78. The molecule has 1 aromatic carbocycles. The minimum Gasteiger partial charge on any atom is -0.378 e.